The molecule has 0 aliphatic carbocycles. The van der Waals surface area contributed by atoms with Crippen molar-refractivity contribution < 1.29 is 14.7 Å². The topological polar surface area (TPSA) is 73.7 Å². The molecule has 0 bridgehead atoms. The lowest BCUT2D eigenvalue weighted by Gasteiger charge is -2.34. The van der Waals surface area contributed by atoms with Crippen LogP contribution in [0.2, 0.25) is 0 Å². The molecule has 0 aromatic carbocycles. The van der Waals surface area contributed by atoms with Crippen LogP contribution in [-0.2, 0) is 16.1 Å². The molecule has 0 atom stereocenters. The Morgan fingerprint density at radius 1 is 1.20 bits per heavy atom. The SMILES string of the molecule is O=C(O)CCC(=O)N1CCN(Cc2cccnc2)CC1. The Labute approximate surface area is 118 Å². The smallest absolute Gasteiger partial charge is 0.303 e. The molecule has 0 unspecified atom stereocenters. The molecule has 1 aromatic heterocycles. The molecule has 1 fully saturated rings. The molecule has 0 saturated carbocycles. The summed E-state index contributed by atoms with van der Waals surface area (Å²) in [5, 5.41) is 8.58. The van der Waals surface area contributed by atoms with Crippen molar-refractivity contribution in [2.24, 2.45) is 0 Å². The van der Waals surface area contributed by atoms with Crippen molar-refractivity contribution >= 4 is 11.9 Å². The van der Waals surface area contributed by atoms with Gasteiger partial charge in [-0.1, -0.05) is 6.07 Å². The van der Waals surface area contributed by atoms with Crippen LogP contribution in [0.5, 0.6) is 0 Å². The summed E-state index contributed by atoms with van der Waals surface area (Å²) in [6, 6.07) is 3.96. The van der Waals surface area contributed by atoms with Crippen LogP contribution in [0.15, 0.2) is 24.5 Å². The Kier molecular flexibility index (Phi) is 5.06. The molecule has 6 nitrogen and oxygen atoms in total. The monoisotopic (exact) mass is 277 g/mol. The summed E-state index contributed by atoms with van der Waals surface area (Å²) in [5.74, 6) is -0.984. The molecule has 0 radical (unpaired) electrons. The van der Waals surface area contributed by atoms with Gasteiger partial charge in [0.25, 0.3) is 0 Å². The number of carbonyl (C=O) groups excluding carboxylic acids is 1. The molecule has 1 aliphatic heterocycles. The van der Waals surface area contributed by atoms with E-state index >= 15 is 0 Å². The fraction of sp³-hybridized carbons (Fsp3) is 0.500. The maximum Gasteiger partial charge on any atom is 0.303 e. The second-order valence-electron chi connectivity index (χ2n) is 4.91. The zero-order chi connectivity index (χ0) is 14.4. The highest BCUT2D eigenvalue weighted by atomic mass is 16.4. The van der Waals surface area contributed by atoms with E-state index in [-0.39, 0.29) is 18.7 Å². The largest absolute Gasteiger partial charge is 0.481 e. The lowest BCUT2D eigenvalue weighted by Crippen LogP contribution is -2.48. The summed E-state index contributed by atoms with van der Waals surface area (Å²) in [6.07, 6.45) is 3.61. The van der Waals surface area contributed by atoms with Crippen molar-refractivity contribution in [3.05, 3.63) is 30.1 Å². The molecular weight excluding hydrogens is 258 g/mol. The van der Waals surface area contributed by atoms with Gasteiger partial charge in [0.15, 0.2) is 0 Å². The van der Waals surface area contributed by atoms with E-state index in [0.717, 1.165) is 25.2 Å². The Morgan fingerprint density at radius 3 is 2.55 bits per heavy atom. The molecular formula is C14H19N3O3. The lowest BCUT2D eigenvalue weighted by molar-refractivity contribution is -0.141. The molecule has 108 valence electrons. The number of hydrogen-bond donors (Lipinski definition) is 1. The van der Waals surface area contributed by atoms with Gasteiger partial charge >= 0.3 is 5.97 Å². The Morgan fingerprint density at radius 2 is 1.95 bits per heavy atom. The third-order valence-corrected chi connectivity index (χ3v) is 3.41. The second-order valence-corrected chi connectivity index (χ2v) is 4.91. The minimum atomic E-state index is -0.923. The van der Waals surface area contributed by atoms with Gasteiger partial charge in [-0.05, 0) is 11.6 Å². The predicted molar refractivity (Wildman–Crippen MR) is 73.0 cm³/mol. The average molecular weight is 277 g/mol. The number of amides is 1. The van der Waals surface area contributed by atoms with Gasteiger partial charge in [0.05, 0.1) is 6.42 Å². The maximum atomic E-state index is 11.8. The molecule has 1 saturated heterocycles. The van der Waals surface area contributed by atoms with Crippen LogP contribution in [0.25, 0.3) is 0 Å². The van der Waals surface area contributed by atoms with Crippen LogP contribution in [-0.4, -0.2) is 57.9 Å². The highest BCUT2D eigenvalue weighted by Crippen LogP contribution is 2.09. The first-order chi connectivity index (χ1) is 9.65. The molecule has 2 heterocycles. The van der Waals surface area contributed by atoms with Crippen LogP contribution in [0.1, 0.15) is 18.4 Å². The van der Waals surface area contributed by atoms with Crippen LogP contribution < -0.4 is 0 Å². The number of rotatable bonds is 5. The first-order valence-electron chi connectivity index (χ1n) is 6.76. The summed E-state index contributed by atoms with van der Waals surface area (Å²) >= 11 is 0. The van der Waals surface area contributed by atoms with Crippen molar-refractivity contribution in [1.29, 1.82) is 0 Å². The van der Waals surface area contributed by atoms with E-state index in [9.17, 15) is 9.59 Å². The average Bonchev–Trinajstić information content (AvgIpc) is 2.46. The van der Waals surface area contributed by atoms with Crippen molar-refractivity contribution in [3.63, 3.8) is 0 Å². The Bertz CT molecular complexity index is 456. The molecule has 1 aromatic rings. The molecule has 1 aliphatic rings. The minimum Gasteiger partial charge on any atom is -0.481 e. The van der Waals surface area contributed by atoms with Crippen molar-refractivity contribution in [1.82, 2.24) is 14.8 Å². The number of hydrogen-bond acceptors (Lipinski definition) is 4. The number of carboxylic acids is 1. The lowest BCUT2D eigenvalue weighted by atomic mass is 10.2. The minimum absolute atomic E-state index is 0.0616. The summed E-state index contributed by atoms with van der Waals surface area (Å²) in [5.41, 5.74) is 1.16. The molecule has 1 amide bonds. The van der Waals surface area contributed by atoms with Crippen LogP contribution in [0, 0.1) is 0 Å². The number of carboxylic acid groups (broad SMARTS) is 1. The first-order valence-corrected chi connectivity index (χ1v) is 6.76. The first kappa shape index (κ1) is 14.5. The Balaban J connectivity index is 1.75. The fourth-order valence-electron chi connectivity index (χ4n) is 2.28. The van der Waals surface area contributed by atoms with Gasteiger partial charge in [0.2, 0.25) is 5.91 Å². The maximum absolute atomic E-state index is 11.8. The molecule has 6 heteroatoms. The number of carbonyl (C=O) groups is 2. The van der Waals surface area contributed by atoms with Crippen molar-refractivity contribution in [3.8, 4) is 0 Å². The zero-order valence-corrected chi connectivity index (χ0v) is 11.4. The summed E-state index contributed by atoms with van der Waals surface area (Å²) in [4.78, 5) is 30.4. The summed E-state index contributed by atoms with van der Waals surface area (Å²) in [6.45, 7) is 3.80. The van der Waals surface area contributed by atoms with Crippen molar-refractivity contribution in [2.45, 2.75) is 19.4 Å². The van der Waals surface area contributed by atoms with Crippen LogP contribution >= 0.6 is 0 Å². The molecule has 0 spiro atoms. The highest BCUT2D eigenvalue weighted by Gasteiger charge is 2.21. The van der Waals surface area contributed by atoms with E-state index in [1.54, 1.807) is 11.1 Å². The second kappa shape index (κ2) is 7.00. The van der Waals surface area contributed by atoms with Gasteiger partial charge in [-0.3, -0.25) is 19.5 Å². The van der Waals surface area contributed by atoms with E-state index in [4.69, 9.17) is 5.11 Å². The zero-order valence-electron chi connectivity index (χ0n) is 11.4. The summed E-state index contributed by atoms with van der Waals surface area (Å²) in [7, 11) is 0. The Hall–Kier alpha value is -1.95. The van der Waals surface area contributed by atoms with E-state index in [2.05, 4.69) is 9.88 Å². The van der Waals surface area contributed by atoms with Crippen LogP contribution in [0.3, 0.4) is 0 Å². The van der Waals surface area contributed by atoms with Gasteiger partial charge in [-0.25, -0.2) is 0 Å². The fourth-order valence-corrected chi connectivity index (χ4v) is 2.28. The molecule has 20 heavy (non-hydrogen) atoms. The number of aliphatic carboxylic acids is 1. The van der Waals surface area contributed by atoms with Crippen molar-refractivity contribution in [2.75, 3.05) is 26.2 Å². The number of aromatic nitrogens is 1. The van der Waals surface area contributed by atoms with E-state index in [1.165, 1.54) is 0 Å². The van der Waals surface area contributed by atoms with E-state index < -0.39 is 5.97 Å². The molecule has 1 N–H and O–H groups in total. The molecule has 2 rings (SSSR count). The van der Waals surface area contributed by atoms with E-state index in [0.29, 0.717) is 13.1 Å². The van der Waals surface area contributed by atoms with Crippen LogP contribution in [0.4, 0.5) is 0 Å². The third-order valence-electron chi connectivity index (χ3n) is 3.41. The van der Waals surface area contributed by atoms with Gasteiger partial charge in [0.1, 0.15) is 0 Å². The standard InChI is InChI=1S/C14H19N3O3/c18-13(3-4-14(19)20)17-8-6-16(7-9-17)11-12-2-1-5-15-10-12/h1-2,5,10H,3-4,6-9,11H2,(H,19,20). The van der Waals surface area contributed by atoms with Gasteiger partial charge in [-0.2, -0.15) is 0 Å². The number of piperazine rings is 1. The van der Waals surface area contributed by atoms with Gasteiger partial charge < -0.3 is 10.0 Å². The summed E-state index contributed by atoms with van der Waals surface area (Å²) < 4.78 is 0. The highest BCUT2D eigenvalue weighted by molar-refractivity contribution is 5.80. The normalized spacial score (nSPS) is 16.1. The number of pyridine rings is 1. The van der Waals surface area contributed by atoms with Gasteiger partial charge in [0, 0.05) is 51.5 Å². The van der Waals surface area contributed by atoms with Gasteiger partial charge in [-0.15, -0.1) is 0 Å². The quantitative estimate of drug-likeness (QED) is 0.852. The third kappa shape index (κ3) is 4.31. The van der Waals surface area contributed by atoms with E-state index in [1.807, 2.05) is 18.3 Å². The number of nitrogens with zero attached hydrogens (tertiary/aromatic N) is 3. The predicted octanol–water partition coefficient (Wildman–Crippen LogP) is 0.591.